The molecule has 5 heteroatoms. The van der Waals surface area contributed by atoms with Crippen LogP contribution in [0.1, 0.15) is 31.0 Å². The van der Waals surface area contributed by atoms with Crippen molar-refractivity contribution in [1.82, 2.24) is 5.16 Å². The Balaban J connectivity index is 1.66. The fourth-order valence-corrected chi connectivity index (χ4v) is 2.80. The number of anilines is 2. The second-order valence-electron chi connectivity index (χ2n) is 5.65. The van der Waals surface area contributed by atoms with E-state index in [-0.39, 0.29) is 12.3 Å². The number of benzene rings is 1. The summed E-state index contributed by atoms with van der Waals surface area (Å²) in [7, 11) is 0. The Morgan fingerprint density at radius 3 is 3.09 bits per heavy atom. The summed E-state index contributed by atoms with van der Waals surface area (Å²) in [6.45, 7) is 4.36. The van der Waals surface area contributed by atoms with Crippen molar-refractivity contribution in [3.05, 3.63) is 41.8 Å². The fraction of sp³-hybridized carbons (Fsp3) is 0.412. The highest BCUT2D eigenvalue weighted by Gasteiger charge is 2.19. The Morgan fingerprint density at radius 1 is 1.41 bits per heavy atom. The molecule has 0 saturated heterocycles. The van der Waals surface area contributed by atoms with Crippen LogP contribution in [0.4, 0.5) is 11.4 Å². The van der Waals surface area contributed by atoms with Crippen LogP contribution >= 0.6 is 0 Å². The third-order valence-electron chi connectivity index (χ3n) is 3.98. The normalized spacial score (nSPS) is 13.2. The summed E-state index contributed by atoms with van der Waals surface area (Å²) in [6.07, 6.45) is 5.19. The molecular formula is C17H21N3O2. The van der Waals surface area contributed by atoms with Gasteiger partial charge >= 0.3 is 0 Å². The molecule has 1 aliphatic rings. The predicted octanol–water partition coefficient (Wildman–Crippen LogP) is 3.02. The molecule has 2 aromatic rings. The van der Waals surface area contributed by atoms with E-state index in [1.807, 2.05) is 6.07 Å². The summed E-state index contributed by atoms with van der Waals surface area (Å²) in [5, 5.41) is 6.70. The summed E-state index contributed by atoms with van der Waals surface area (Å²) >= 11 is 0. The van der Waals surface area contributed by atoms with Gasteiger partial charge in [-0.3, -0.25) is 4.79 Å². The third-order valence-corrected chi connectivity index (χ3v) is 3.98. The molecule has 0 saturated carbocycles. The fourth-order valence-electron chi connectivity index (χ4n) is 2.80. The maximum Gasteiger partial charge on any atom is 0.230 e. The molecule has 0 unspecified atom stereocenters. The van der Waals surface area contributed by atoms with E-state index in [1.165, 1.54) is 30.4 Å². The molecule has 1 amide bonds. The highest BCUT2D eigenvalue weighted by atomic mass is 16.5. The first-order valence-electron chi connectivity index (χ1n) is 7.83. The standard InChI is InChI=1S/C17H21N3O2/c1-2-3-8-20-9-6-13-4-5-14(11-16(13)20)18-17(21)12-15-7-10-22-19-15/h4-5,7,10-11H,2-3,6,8-9,12H2,1H3,(H,18,21). The average Bonchev–Trinajstić information content (AvgIpc) is 3.14. The van der Waals surface area contributed by atoms with E-state index in [0.29, 0.717) is 5.69 Å². The van der Waals surface area contributed by atoms with E-state index in [9.17, 15) is 4.79 Å². The van der Waals surface area contributed by atoms with Crippen LogP contribution in [0, 0.1) is 0 Å². The number of nitrogens with zero attached hydrogens (tertiary/aromatic N) is 2. The molecule has 0 atom stereocenters. The highest BCUT2D eigenvalue weighted by Crippen LogP contribution is 2.31. The Labute approximate surface area is 130 Å². The topological polar surface area (TPSA) is 58.4 Å². The van der Waals surface area contributed by atoms with Crippen LogP contribution in [0.3, 0.4) is 0 Å². The number of fused-ring (bicyclic) bond motifs is 1. The van der Waals surface area contributed by atoms with Gasteiger partial charge in [0.15, 0.2) is 0 Å². The first kappa shape index (κ1) is 14.6. The zero-order chi connectivity index (χ0) is 15.4. The number of hydrogen-bond acceptors (Lipinski definition) is 4. The van der Waals surface area contributed by atoms with Gasteiger partial charge in [0.1, 0.15) is 6.26 Å². The van der Waals surface area contributed by atoms with Crippen LogP contribution in [-0.2, 0) is 17.6 Å². The molecule has 22 heavy (non-hydrogen) atoms. The lowest BCUT2D eigenvalue weighted by molar-refractivity contribution is -0.115. The van der Waals surface area contributed by atoms with Gasteiger partial charge in [0, 0.05) is 30.5 Å². The van der Waals surface area contributed by atoms with Gasteiger partial charge in [-0.1, -0.05) is 24.6 Å². The molecule has 0 spiro atoms. The van der Waals surface area contributed by atoms with Crippen LogP contribution in [0.5, 0.6) is 0 Å². The molecule has 1 aromatic heterocycles. The zero-order valence-electron chi connectivity index (χ0n) is 12.8. The molecule has 0 fully saturated rings. The van der Waals surface area contributed by atoms with Crippen molar-refractivity contribution in [1.29, 1.82) is 0 Å². The summed E-state index contributed by atoms with van der Waals surface area (Å²) < 4.78 is 4.74. The number of carbonyl (C=O) groups excluding carboxylic acids is 1. The van der Waals surface area contributed by atoms with Crippen molar-refractivity contribution < 1.29 is 9.32 Å². The first-order valence-corrected chi connectivity index (χ1v) is 7.83. The van der Waals surface area contributed by atoms with E-state index in [1.54, 1.807) is 6.07 Å². The lowest BCUT2D eigenvalue weighted by atomic mass is 10.1. The number of amides is 1. The minimum absolute atomic E-state index is 0.0769. The van der Waals surface area contributed by atoms with E-state index in [4.69, 9.17) is 4.52 Å². The summed E-state index contributed by atoms with van der Waals surface area (Å²) in [5.74, 6) is -0.0769. The molecule has 1 N–H and O–H groups in total. The molecule has 2 heterocycles. The highest BCUT2D eigenvalue weighted by molar-refractivity contribution is 5.92. The second-order valence-corrected chi connectivity index (χ2v) is 5.65. The average molecular weight is 299 g/mol. The van der Waals surface area contributed by atoms with Crippen LogP contribution in [0.25, 0.3) is 0 Å². The third kappa shape index (κ3) is 3.30. The first-order chi connectivity index (χ1) is 10.8. The Kier molecular flexibility index (Phi) is 4.42. The monoisotopic (exact) mass is 299 g/mol. The van der Waals surface area contributed by atoms with Crippen LogP contribution in [-0.4, -0.2) is 24.2 Å². The maximum atomic E-state index is 12.0. The molecule has 5 nitrogen and oxygen atoms in total. The number of nitrogens with one attached hydrogen (secondary N) is 1. The van der Waals surface area contributed by atoms with Crippen molar-refractivity contribution in [2.45, 2.75) is 32.6 Å². The van der Waals surface area contributed by atoms with Gasteiger partial charge < -0.3 is 14.7 Å². The lowest BCUT2D eigenvalue weighted by Crippen LogP contribution is -2.21. The Morgan fingerprint density at radius 2 is 2.32 bits per heavy atom. The van der Waals surface area contributed by atoms with Gasteiger partial charge in [-0.05, 0) is 30.5 Å². The van der Waals surface area contributed by atoms with Crippen molar-refractivity contribution in [3.8, 4) is 0 Å². The molecule has 0 aliphatic carbocycles. The summed E-state index contributed by atoms with van der Waals surface area (Å²) in [4.78, 5) is 14.4. The van der Waals surface area contributed by atoms with Gasteiger partial charge in [0.25, 0.3) is 0 Å². The van der Waals surface area contributed by atoms with E-state index in [2.05, 4.69) is 34.4 Å². The van der Waals surface area contributed by atoms with Crippen LogP contribution in [0.2, 0.25) is 0 Å². The smallest absolute Gasteiger partial charge is 0.230 e. The van der Waals surface area contributed by atoms with Gasteiger partial charge in [-0.2, -0.15) is 0 Å². The Hall–Kier alpha value is -2.30. The number of aromatic nitrogens is 1. The van der Waals surface area contributed by atoms with Crippen molar-refractivity contribution in [3.63, 3.8) is 0 Å². The second kappa shape index (κ2) is 6.64. The maximum absolute atomic E-state index is 12.0. The van der Waals surface area contributed by atoms with Gasteiger partial charge in [0.2, 0.25) is 5.91 Å². The van der Waals surface area contributed by atoms with Crippen LogP contribution < -0.4 is 10.2 Å². The largest absolute Gasteiger partial charge is 0.371 e. The minimum atomic E-state index is -0.0769. The number of hydrogen-bond donors (Lipinski definition) is 1. The molecule has 0 bridgehead atoms. The van der Waals surface area contributed by atoms with Gasteiger partial charge in [-0.25, -0.2) is 0 Å². The van der Waals surface area contributed by atoms with Crippen molar-refractivity contribution >= 4 is 17.3 Å². The number of rotatable bonds is 6. The number of unbranched alkanes of at least 4 members (excludes halogenated alkanes) is 1. The molecular weight excluding hydrogens is 278 g/mol. The molecule has 116 valence electrons. The van der Waals surface area contributed by atoms with E-state index < -0.39 is 0 Å². The molecule has 1 aromatic carbocycles. The predicted molar refractivity (Wildman–Crippen MR) is 86.1 cm³/mol. The quantitative estimate of drug-likeness (QED) is 0.890. The zero-order valence-corrected chi connectivity index (χ0v) is 12.8. The molecule has 3 rings (SSSR count). The lowest BCUT2D eigenvalue weighted by Gasteiger charge is -2.19. The van der Waals surface area contributed by atoms with Crippen LogP contribution in [0.15, 0.2) is 35.1 Å². The molecule has 1 aliphatic heterocycles. The molecule has 0 radical (unpaired) electrons. The SMILES string of the molecule is CCCCN1CCc2ccc(NC(=O)Cc3ccon3)cc21. The van der Waals surface area contributed by atoms with Crippen molar-refractivity contribution in [2.24, 2.45) is 0 Å². The van der Waals surface area contributed by atoms with Gasteiger partial charge in [-0.15, -0.1) is 0 Å². The summed E-state index contributed by atoms with van der Waals surface area (Å²) in [6, 6.07) is 7.88. The van der Waals surface area contributed by atoms with Gasteiger partial charge in [0.05, 0.1) is 12.1 Å². The van der Waals surface area contributed by atoms with Crippen molar-refractivity contribution in [2.75, 3.05) is 23.3 Å². The number of carbonyl (C=O) groups is 1. The Bertz CT molecular complexity index is 637. The van der Waals surface area contributed by atoms with E-state index in [0.717, 1.165) is 25.2 Å². The van der Waals surface area contributed by atoms with E-state index >= 15 is 0 Å². The minimum Gasteiger partial charge on any atom is -0.371 e. The summed E-state index contributed by atoms with van der Waals surface area (Å²) in [5.41, 5.74) is 4.11.